The van der Waals surface area contributed by atoms with Crippen molar-refractivity contribution in [2.24, 2.45) is 0 Å². The lowest BCUT2D eigenvalue weighted by Gasteiger charge is -2.10. The van der Waals surface area contributed by atoms with E-state index in [0.29, 0.717) is 19.4 Å². The molecular formula is C8H11NO3. The molecule has 4 heteroatoms. The highest BCUT2D eigenvalue weighted by atomic mass is 16.6. The van der Waals surface area contributed by atoms with Gasteiger partial charge in [0.2, 0.25) is 11.8 Å². The van der Waals surface area contributed by atoms with Gasteiger partial charge in [0.25, 0.3) is 0 Å². The summed E-state index contributed by atoms with van der Waals surface area (Å²) in [6.45, 7) is 2.40. The number of epoxide rings is 1. The van der Waals surface area contributed by atoms with Gasteiger partial charge in [-0.05, 0) is 6.92 Å². The Kier molecular flexibility index (Phi) is 1.65. The van der Waals surface area contributed by atoms with E-state index in [0.717, 1.165) is 0 Å². The normalized spacial score (nSPS) is 34.6. The molecule has 2 aliphatic heterocycles. The molecule has 0 bridgehead atoms. The zero-order valence-corrected chi connectivity index (χ0v) is 6.95. The maximum absolute atomic E-state index is 11.1. The first-order chi connectivity index (χ1) is 5.68. The summed E-state index contributed by atoms with van der Waals surface area (Å²) in [4.78, 5) is 23.5. The Morgan fingerprint density at radius 3 is 2.33 bits per heavy atom. The van der Waals surface area contributed by atoms with Crippen LogP contribution in [0.2, 0.25) is 0 Å². The minimum atomic E-state index is -0.0531. The number of carbonyl (C=O) groups is 2. The Hall–Kier alpha value is -0.900. The highest BCUT2D eigenvalue weighted by molar-refractivity contribution is 6.01. The van der Waals surface area contributed by atoms with Crippen LogP contribution in [0.3, 0.4) is 0 Å². The average molecular weight is 169 g/mol. The molecule has 66 valence electrons. The van der Waals surface area contributed by atoms with Crippen molar-refractivity contribution >= 4 is 11.8 Å². The minimum absolute atomic E-state index is 0.0531. The van der Waals surface area contributed by atoms with Crippen molar-refractivity contribution in [1.82, 2.24) is 4.90 Å². The Morgan fingerprint density at radius 1 is 1.42 bits per heavy atom. The van der Waals surface area contributed by atoms with Crippen molar-refractivity contribution in [3.63, 3.8) is 0 Å². The Labute approximate surface area is 70.5 Å². The molecule has 4 nitrogen and oxygen atoms in total. The molecule has 2 unspecified atom stereocenters. The lowest BCUT2D eigenvalue weighted by Crippen LogP contribution is -2.33. The van der Waals surface area contributed by atoms with Gasteiger partial charge in [-0.25, -0.2) is 0 Å². The molecule has 12 heavy (non-hydrogen) atoms. The fraction of sp³-hybridized carbons (Fsp3) is 0.750. The number of imide groups is 1. The van der Waals surface area contributed by atoms with Crippen molar-refractivity contribution in [1.29, 1.82) is 0 Å². The van der Waals surface area contributed by atoms with E-state index in [2.05, 4.69) is 0 Å². The lowest BCUT2D eigenvalue weighted by atomic mass is 10.3. The highest BCUT2D eigenvalue weighted by Gasteiger charge is 2.40. The third-order valence-corrected chi connectivity index (χ3v) is 2.35. The lowest BCUT2D eigenvalue weighted by molar-refractivity contribution is -0.138. The minimum Gasteiger partial charge on any atom is -0.368 e. The molecule has 0 aliphatic carbocycles. The van der Waals surface area contributed by atoms with Crippen LogP contribution in [0.4, 0.5) is 0 Å². The summed E-state index contributed by atoms with van der Waals surface area (Å²) in [5, 5.41) is 0. The molecule has 2 saturated heterocycles. The van der Waals surface area contributed by atoms with Gasteiger partial charge in [0.1, 0.15) is 6.10 Å². The number of nitrogens with zero attached hydrogens (tertiary/aromatic N) is 1. The highest BCUT2D eigenvalue weighted by Crippen LogP contribution is 2.24. The largest absolute Gasteiger partial charge is 0.368 e. The quantitative estimate of drug-likeness (QED) is 0.429. The average Bonchev–Trinajstić information content (AvgIpc) is 2.63. The summed E-state index contributed by atoms with van der Waals surface area (Å²) >= 11 is 0. The molecule has 0 N–H and O–H groups in total. The zero-order chi connectivity index (χ0) is 8.72. The maximum Gasteiger partial charge on any atom is 0.229 e. The first-order valence-electron chi connectivity index (χ1n) is 4.17. The topological polar surface area (TPSA) is 49.9 Å². The molecule has 2 amide bonds. The van der Waals surface area contributed by atoms with Gasteiger partial charge in [-0.15, -0.1) is 0 Å². The number of ether oxygens (including phenoxy) is 1. The second kappa shape index (κ2) is 2.55. The van der Waals surface area contributed by atoms with Gasteiger partial charge in [-0.2, -0.15) is 0 Å². The van der Waals surface area contributed by atoms with Gasteiger partial charge in [0, 0.05) is 12.8 Å². The van der Waals surface area contributed by atoms with Crippen LogP contribution >= 0.6 is 0 Å². The predicted octanol–water partition coefficient (Wildman–Crippen LogP) is -0.0773. The van der Waals surface area contributed by atoms with Crippen molar-refractivity contribution in [3.8, 4) is 0 Å². The molecule has 0 aromatic heterocycles. The SMILES string of the molecule is CC1OC1CN1C(=O)CCC1=O. The van der Waals surface area contributed by atoms with Gasteiger partial charge in [-0.1, -0.05) is 0 Å². The maximum atomic E-state index is 11.1. The Balaban J connectivity index is 1.93. The molecule has 2 rings (SSSR count). The van der Waals surface area contributed by atoms with E-state index in [9.17, 15) is 9.59 Å². The molecule has 2 heterocycles. The Bertz CT molecular complexity index is 222. The van der Waals surface area contributed by atoms with Crippen molar-refractivity contribution in [3.05, 3.63) is 0 Å². The van der Waals surface area contributed by atoms with Crippen LogP contribution in [0.25, 0.3) is 0 Å². The van der Waals surface area contributed by atoms with Crippen LogP contribution < -0.4 is 0 Å². The van der Waals surface area contributed by atoms with E-state index >= 15 is 0 Å². The van der Waals surface area contributed by atoms with Crippen LogP contribution in [-0.2, 0) is 14.3 Å². The van der Waals surface area contributed by atoms with E-state index in [4.69, 9.17) is 4.74 Å². The van der Waals surface area contributed by atoms with Crippen molar-refractivity contribution in [2.45, 2.75) is 32.0 Å². The van der Waals surface area contributed by atoms with Gasteiger partial charge in [0.15, 0.2) is 0 Å². The Morgan fingerprint density at radius 2 is 1.92 bits per heavy atom. The third-order valence-electron chi connectivity index (χ3n) is 2.35. The molecule has 2 aliphatic rings. The summed E-state index contributed by atoms with van der Waals surface area (Å²) < 4.78 is 5.13. The van der Waals surface area contributed by atoms with E-state index in [1.165, 1.54) is 4.90 Å². The standard InChI is InChI=1S/C8H11NO3/c1-5-6(12-5)4-9-7(10)2-3-8(9)11/h5-6H,2-4H2,1H3. The molecular weight excluding hydrogens is 158 g/mol. The molecule has 0 saturated carbocycles. The van der Waals surface area contributed by atoms with Gasteiger partial charge >= 0.3 is 0 Å². The van der Waals surface area contributed by atoms with Crippen LogP contribution in [0.1, 0.15) is 19.8 Å². The van der Waals surface area contributed by atoms with Gasteiger partial charge in [-0.3, -0.25) is 14.5 Å². The van der Waals surface area contributed by atoms with E-state index in [1.807, 2.05) is 6.92 Å². The fourth-order valence-electron chi connectivity index (χ4n) is 1.43. The second-order valence-electron chi connectivity index (χ2n) is 3.28. The molecule has 0 radical (unpaired) electrons. The first-order valence-corrected chi connectivity index (χ1v) is 4.17. The van der Waals surface area contributed by atoms with Crippen molar-refractivity contribution < 1.29 is 14.3 Å². The number of hydrogen-bond acceptors (Lipinski definition) is 3. The summed E-state index contributed by atoms with van der Waals surface area (Å²) in [5.74, 6) is -0.106. The second-order valence-corrected chi connectivity index (χ2v) is 3.28. The predicted molar refractivity (Wildman–Crippen MR) is 40.3 cm³/mol. The van der Waals surface area contributed by atoms with Crippen LogP contribution in [-0.4, -0.2) is 35.5 Å². The van der Waals surface area contributed by atoms with E-state index in [1.54, 1.807) is 0 Å². The monoisotopic (exact) mass is 169 g/mol. The van der Waals surface area contributed by atoms with E-state index in [-0.39, 0.29) is 24.0 Å². The summed E-state index contributed by atoms with van der Waals surface area (Å²) in [6, 6.07) is 0. The smallest absolute Gasteiger partial charge is 0.229 e. The molecule has 2 atom stereocenters. The first kappa shape index (κ1) is 7.73. The summed E-state index contributed by atoms with van der Waals surface area (Å²) in [6.07, 6.45) is 1.06. The number of hydrogen-bond donors (Lipinski definition) is 0. The molecule has 0 aromatic rings. The van der Waals surface area contributed by atoms with Crippen molar-refractivity contribution in [2.75, 3.05) is 6.54 Å². The van der Waals surface area contributed by atoms with Crippen LogP contribution in [0.5, 0.6) is 0 Å². The van der Waals surface area contributed by atoms with Crippen LogP contribution in [0, 0.1) is 0 Å². The summed E-state index contributed by atoms with van der Waals surface area (Å²) in [7, 11) is 0. The van der Waals surface area contributed by atoms with Gasteiger partial charge < -0.3 is 4.74 Å². The number of amides is 2. The third kappa shape index (κ3) is 1.22. The number of rotatable bonds is 2. The number of likely N-dealkylation sites (tertiary alicyclic amines) is 1. The number of carbonyl (C=O) groups excluding carboxylic acids is 2. The fourth-order valence-corrected chi connectivity index (χ4v) is 1.43. The molecule has 0 spiro atoms. The molecule has 0 aromatic carbocycles. The molecule has 2 fully saturated rings. The van der Waals surface area contributed by atoms with Gasteiger partial charge in [0.05, 0.1) is 12.6 Å². The van der Waals surface area contributed by atoms with Crippen LogP contribution in [0.15, 0.2) is 0 Å². The van der Waals surface area contributed by atoms with E-state index < -0.39 is 0 Å². The zero-order valence-electron chi connectivity index (χ0n) is 6.95. The summed E-state index contributed by atoms with van der Waals surface area (Å²) in [5.41, 5.74) is 0.